The van der Waals surface area contributed by atoms with Crippen molar-refractivity contribution < 1.29 is 4.79 Å². The van der Waals surface area contributed by atoms with E-state index in [1.807, 2.05) is 13.0 Å². The third-order valence-corrected chi connectivity index (χ3v) is 3.75. The van der Waals surface area contributed by atoms with E-state index < -0.39 is 0 Å². The molecule has 0 saturated carbocycles. The van der Waals surface area contributed by atoms with Crippen molar-refractivity contribution in [1.29, 1.82) is 0 Å². The van der Waals surface area contributed by atoms with Crippen LogP contribution < -0.4 is 11.1 Å². The van der Waals surface area contributed by atoms with Crippen LogP contribution in [0.15, 0.2) is 24.5 Å². The van der Waals surface area contributed by atoms with Crippen LogP contribution in [0.5, 0.6) is 0 Å². The molecule has 0 radical (unpaired) electrons. The third kappa shape index (κ3) is 3.42. The van der Waals surface area contributed by atoms with Gasteiger partial charge in [-0.15, -0.1) is 0 Å². The van der Waals surface area contributed by atoms with Crippen LogP contribution in [0.25, 0.3) is 0 Å². The SMILES string of the molecule is Cc1nc(Nc2ncccn2)cc([C@@H]2CCCN2C(=O)CN)n1. The predicted octanol–water partition coefficient (Wildman–Crippen LogP) is 0.941. The minimum Gasteiger partial charge on any atom is -0.333 e. The molecule has 0 aliphatic carbocycles. The van der Waals surface area contributed by atoms with Gasteiger partial charge in [-0.1, -0.05) is 0 Å². The largest absolute Gasteiger partial charge is 0.333 e. The molecule has 3 rings (SSSR count). The second kappa shape index (κ2) is 6.66. The fourth-order valence-corrected chi connectivity index (χ4v) is 2.79. The molecule has 1 amide bonds. The van der Waals surface area contributed by atoms with Crippen molar-refractivity contribution in [3.63, 3.8) is 0 Å². The molecule has 1 fully saturated rings. The standard InChI is InChI=1S/C15H19N7O/c1-10-19-11(12-4-2-7-22(12)14(23)9-16)8-13(20-10)21-15-17-5-3-6-18-15/h3,5-6,8,12H,2,4,7,9,16H2,1H3,(H,17,18,19,20,21)/t12-/m0/s1. The Labute approximate surface area is 134 Å². The number of aromatic nitrogens is 4. The molecule has 120 valence electrons. The second-order valence-electron chi connectivity index (χ2n) is 5.37. The van der Waals surface area contributed by atoms with Gasteiger partial charge >= 0.3 is 0 Å². The van der Waals surface area contributed by atoms with Gasteiger partial charge in [-0.05, 0) is 25.8 Å². The summed E-state index contributed by atoms with van der Waals surface area (Å²) in [7, 11) is 0. The average Bonchev–Trinajstić information content (AvgIpc) is 3.04. The Morgan fingerprint density at radius 2 is 2.17 bits per heavy atom. The molecule has 3 heterocycles. The molecule has 3 N–H and O–H groups in total. The summed E-state index contributed by atoms with van der Waals surface area (Å²) in [5.41, 5.74) is 6.32. The van der Waals surface area contributed by atoms with Gasteiger partial charge in [-0.25, -0.2) is 19.9 Å². The number of likely N-dealkylation sites (tertiary alicyclic amines) is 1. The van der Waals surface area contributed by atoms with Crippen molar-refractivity contribution in [2.75, 3.05) is 18.4 Å². The van der Waals surface area contributed by atoms with Crippen LogP contribution in [-0.4, -0.2) is 43.8 Å². The lowest BCUT2D eigenvalue weighted by Crippen LogP contribution is -2.35. The molecule has 1 atom stereocenters. The minimum atomic E-state index is -0.0512. The Morgan fingerprint density at radius 3 is 2.91 bits per heavy atom. The number of aryl methyl sites for hydroxylation is 1. The zero-order valence-electron chi connectivity index (χ0n) is 12.9. The van der Waals surface area contributed by atoms with Gasteiger partial charge in [0.05, 0.1) is 18.3 Å². The number of nitrogens with zero attached hydrogens (tertiary/aromatic N) is 5. The highest BCUT2D eigenvalue weighted by atomic mass is 16.2. The molecule has 1 saturated heterocycles. The number of hydrogen-bond acceptors (Lipinski definition) is 7. The van der Waals surface area contributed by atoms with Crippen LogP contribution in [0.2, 0.25) is 0 Å². The molecular weight excluding hydrogens is 294 g/mol. The number of anilines is 2. The molecule has 1 aliphatic heterocycles. The van der Waals surface area contributed by atoms with Crippen molar-refractivity contribution in [2.24, 2.45) is 5.73 Å². The fraction of sp³-hybridized carbons (Fsp3) is 0.400. The fourth-order valence-electron chi connectivity index (χ4n) is 2.79. The van der Waals surface area contributed by atoms with E-state index >= 15 is 0 Å². The van der Waals surface area contributed by atoms with Crippen LogP contribution in [0.4, 0.5) is 11.8 Å². The molecule has 1 aliphatic rings. The molecule has 8 heteroatoms. The maximum absolute atomic E-state index is 12.0. The molecule has 23 heavy (non-hydrogen) atoms. The molecule has 8 nitrogen and oxygen atoms in total. The summed E-state index contributed by atoms with van der Waals surface area (Å²) in [4.78, 5) is 30.9. The first kappa shape index (κ1) is 15.3. The van der Waals surface area contributed by atoms with Crippen molar-refractivity contribution in [3.8, 4) is 0 Å². The highest BCUT2D eigenvalue weighted by molar-refractivity contribution is 5.78. The Kier molecular flexibility index (Phi) is 4.42. The van der Waals surface area contributed by atoms with Gasteiger partial charge in [0.2, 0.25) is 11.9 Å². The van der Waals surface area contributed by atoms with Crippen LogP contribution in [0.3, 0.4) is 0 Å². The maximum atomic E-state index is 12.0. The van der Waals surface area contributed by atoms with Crippen LogP contribution in [0.1, 0.15) is 30.4 Å². The first-order chi connectivity index (χ1) is 11.2. The Hall–Kier alpha value is -2.61. The number of carbonyl (C=O) groups is 1. The number of amides is 1. The summed E-state index contributed by atoms with van der Waals surface area (Å²) in [5.74, 6) is 1.67. The third-order valence-electron chi connectivity index (χ3n) is 3.75. The maximum Gasteiger partial charge on any atom is 0.236 e. The van der Waals surface area contributed by atoms with E-state index in [0.717, 1.165) is 18.5 Å². The van der Waals surface area contributed by atoms with E-state index in [4.69, 9.17) is 5.73 Å². The van der Waals surface area contributed by atoms with Gasteiger partial charge in [-0.2, -0.15) is 0 Å². The van der Waals surface area contributed by atoms with Crippen molar-refractivity contribution in [1.82, 2.24) is 24.8 Å². The number of nitrogens with two attached hydrogens (primary N) is 1. The number of carbonyl (C=O) groups excluding carboxylic acids is 1. The van der Waals surface area contributed by atoms with E-state index in [2.05, 4.69) is 25.3 Å². The van der Waals surface area contributed by atoms with E-state index in [-0.39, 0.29) is 18.5 Å². The zero-order chi connectivity index (χ0) is 16.2. The number of rotatable bonds is 4. The van der Waals surface area contributed by atoms with Gasteiger partial charge in [0.1, 0.15) is 11.6 Å². The molecule has 0 bridgehead atoms. The lowest BCUT2D eigenvalue weighted by atomic mass is 10.1. The van der Waals surface area contributed by atoms with Crippen LogP contribution >= 0.6 is 0 Å². The van der Waals surface area contributed by atoms with Gasteiger partial charge in [-0.3, -0.25) is 4.79 Å². The lowest BCUT2D eigenvalue weighted by molar-refractivity contribution is -0.130. The normalized spacial score (nSPS) is 17.3. The summed E-state index contributed by atoms with van der Waals surface area (Å²) >= 11 is 0. The monoisotopic (exact) mass is 313 g/mol. The zero-order valence-corrected chi connectivity index (χ0v) is 12.9. The van der Waals surface area contributed by atoms with E-state index in [0.29, 0.717) is 24.1 Å². The summed E-state index contributed by atoms with van der Waals surface area (Å²) < 4.78 is 0. The summed E-state index contributed by atoms with van der Waals surface area (Å²) in [6.45, 7) is 2.56. The quantitative estimate of drug-likeness (QED) is 0.864. The second-order valence-corrected chi connectivity index (χ2v) is 5.37. The summed E-state index contributed by atoms with van der Waals surface area (Å²) in [6, 6.07) is 3.54. The Balaban J connectivity index is 1.87. The molecule has 0 spiro atoms. The number of hydrogen-bond donors (Lipinski definition) is 2. The highest BCUT2D eigenvalue weighted by Gasteiger charge is 2.30. The predicted molar refractivity (Wildman–Crippen MR) is 84.8 cm³/mol. The average molecular weight is 313 g/mol. The molecule has 2 aromatic heterocycles. The smallest absolute Gasteiger partial charge is 0.236 e. The molecular formula is C15H19N7O. The van der Waals surface area contributed by atoms with Crippen molar-refractivity contribution >= 4 is 17.7 Å². The Bertz CT molecular complexity index is 691. The highest BCUT2D eigenvalue weighted by Crippen LogP contribution is 2.31. The van der Waals surface area contributed by atoms with Crippen molar-refractivity contribution in [3.05, 3.63) is 36.0 Å². The van der Waals surface area contributed by atoms with E-state index in [9.17, 15) is 4.79 Å². The number of nitrogens with one attached hydrogen (secondary N) is 1. The van der Waals surface area contributed by atoms with Gasteiger partial charge in [0, 0.05) is 25.0 Å². The van der Waals surface area contributed by atoms with Crippen LogP contribution in [0, 0.1) is 6.92 Å². The van der Waals surface area contributed by atoms with Gasteiger partial charge in [0.15, 0.2) is 0 Å². The van der Waals surface area contributed by atoms with E-state index in [1.54, 1.807) is 23.4 Å². The summed E-state index contributed by atoms with van der Waals surface area (Å²) in [6.07, 6.45) is 5.14. The minimum absolute atomic E-state index is 0.0174. The molecule has 0 aromatic carbocycles. The van der Waals surface area contributed by atoms with Gasteiger partial charge < -0.3 is 16.0 Å². The van der Waals surface area contributed by atoms with E-state index in [1.165, 1.54) is 0 Å². The topological polar surface area (TPSA) is 110 Å². The molecule has 2 aromatic rings. The van der Waals surface area contributed by atoms with Crippen molar-refractivity contribution in [2.45, 2.75) is 25.8 Å². The van der Waals surface area contributed by atoms with Gasteiger partial charge in [0.25, 0.3) is 0 Å². The summed E-state index contributed by atoms with van der Waals surface area (Å²) in [5, 5.41) is 3.07. The van der Waals surface area contributed by atoms with Crippen LogP contribution in [-0.2, 0) is 4.79 Å². The molecule has 0 unspecified atom stereocenters. The first-order valence-corrected chi connectivity index (χ1v) is 7.56. The first-order valence-electron chi connectivity index (χ1n) is 7.56. The Morgan fingerprint density at radius 1 is 1.39 bits per heavy atom. The lowest BCUT2D eigenvalue weighted by Gasteiger charge is -2.24.